The van der Waals surface area contributed by atoms with Gasteiger partial charge in [-0.2, -0.15) is 0 Å². The third-order valence-corrected chi connectivity index (χ3v) is 11.8. The van der Waals surface area contributed by atoms with Gasteiger partial charge in [0.1, 0.15) is 19.8 Å². The van der Waals surface area contributed by atoms with Crippen LogP contribution in [0.1, 0.15) is 213 Å². The van der Waals surface area contributed by atoms with Crippen molar-refractivity contribution in [1.29, 1.82) is 0 Å². The summed E-state index contributed by atoms with van der Waals surface area (Å²) in [7, 11) is 1.42. The van der Waals surface area contributed by atoms with E-state index < -0.39 is 26.5 Å². The lowest BCUT2D eigenvalue weighted by atomic mass is 10.0. The molecule has 0 aromatic carbocycles. The molecule has 0 heterocycles. The summed E-state index contributed by atoms with van der Waals surface area (Å²) in [5, 5.41) is 0. The molecule has 0 rings (SSSR count). The first-order valence-electron chi connectivity index (χ1n) is 25.5. The van der Waals surface area contributed by atoms with Crippen molar-refractivity contribution in [2.75, 3.05) is 47.5 Å². The Hall–Kier alpha value is -2.29. The largest absolute Gasteiger partial charge is 0.472 e. The van der Waals surface area contributed by atoms with Gasteiger partial charge in [-0.25, -0.2) is 4.57 Å². The molecule has 0 aromatic rings. The number of phosphoric acid groups is 1. The molecule has 2 atom stereocenters. The third kappa shape index (κ3) is 49.0. The Kier molecular flexibility index (Phi) is 43.3. The molecule has 63 heavy (non-hydrogen) atoms. The second-order valence-corrected chi connectivity index (χ2v) is 19.7. The predicted molar refractivity (Wildman–Crippen MR) is 266 cm³/mol. The Balaban J connectivity index is 4.25. The van der Waals surface area contributed by atoms with Gasteiger partial charge < -0.3 is 18.9 Å². The van der Waals surface area contributed by atoms with Crippen LogP contribution >= 0.6 is 7.82 Å². The van der Waals surface area contributed by atoms with Crippen molar-refractivity contribution >= 4 is 19.8 Å². The number of unbranched alkanes of at least 4 members (excludes halogenated alkanes) is 23. The van der Waals surface area contributed by atoms with E-state index in [0.29, 0.717) is 17.4 Å². The van der Waals surface area contributed by atoms with Crippen LogP contribution in [0.15, 0.2) is 60.8 Å². The molecule has 0 radical (unpaired) electrons. The van der Waals surface area contributed by atoms with Gasteiger partial charge in [0.05, 0.1) is 34.2 Å². The predicted octanol–water partition coefficient (Wildman–Crippen LogP) is 15.2. The highest BCUT2D eigenvalue weighted by atomic mass is 31.2. The summed E-state index contributed by atoms with van der Waals surface area (Å²) in [5.41, 5.74) is 0. The molecule has 0 saturated carbocycles. The number of carbonyl (C=O) groups is 2. The Morgan fingerprint density at radius 3 is 1.29 bits per heavy atom. The summed E-state index contributed by atoms with van der Waals surface area (Å²) in [5.74, 6) is -0.941. The summed E-state index contributed by atoms with van der Waals surface area (Å²) in [6.07, 6.45) is 56.1. The van der Waals surface area contributed by atoms with Gasteiger partial charge in [0.15, 0.2) is 6.10 Å². The van der Waals surface area contributed by atoms with Crippen LogP contribution in [0.2, 0.25) is 0 Å². The van der Waals surface area contributed by atoms with E-state index in [-0.39, 0.29) is 32.0 Å². The molecular weight excluding hydrogens is 810 g/mol. The minimum Gasteiger partial charge on any atom is -0.462 e. The number of allylic oxidation sites excluding steroid dienone is 9. The molecule has 10 heteroatoms. The van der Waals surface area contributed by atoms with Crippen LogP contribution in [0.4, 0.5) is 0 Å². The maximum absolute atomic E-state index is 12.7. The number of likely N-dealkylation sites (N-methyl/N-ethyl adjacent to an activating group) is 1. The van der Waals surface area contributed by atoms with Gasteiger partial charge in [-0.05, 0) is 38.5 Å². The van der Waals surface area contributed by atoms with Crippen molar-refractivity contribution in [1.82, 2.24) is 0 Å². The van der Waals surface area contributed by atoms with Crippen molar-refractivity contribution < 1.29 is 42.1 Å². The van der Waals surface area contributed by atoms with Gasteiger partial charge >= 0.3 is 19.8 Å². The Bertz CT molecular complexity index is 1250. The number of esters is 2. The Labute approximate surface area is 387 Å². The zero-order chi connectivity index (χ0) is 46.4. The summed E-state index contributed by atoms with van der Waals surface area (Å²) >= 11 is 0. The molecule has 366 valence electrons. The van der Waals surface area contributed by atoms with Gasteiger partial charge in [0.2, 0.25) is 0 Å². The van der Waals surface area contributed by atoms with Gasteiger partial charge in [-0.3, -0.25) is 18.6 Å². The van der Waals surface area contributed by atoms with Crippen LogP contribution in [-0.4, -0.2) is 74.9 Å². The summed E-state index contributed by atoms with van der Waals surface area (Å²) in [6.45, 7) is 4.22. The van der Waals surface area contributed by atoms with Crippen molar-refractivity contribution in [2.24, 2.45) is 0 Å². The number of ether oxygens (including phenoxy) is 2. The van der Waals surface area contributed by atoms with Crippen molar-refractivity contribution in [3.63, 3.8) is 0 Å². The Morgan fingerprint density at radius 1 is 0.508 bits per heavy atom. The molecule has 0 bridgehead atoms. The lowest BCUT2D eigenvalue weighted by Gasteiger charge is -2.24. The van der Waals surface area contributed by atoms with Crippen LogP contribution in [-0.2, 0) is 32.7 Å². The summed E-state index contributed by atoms with van der Waals surface area (Å²) in [6, 6.07) is 0. The van der Waals surface area contributed by atoms with Gasteiger partial charge in [0, 0.05) is 6.42 Å². The fraction of sp³-hybridized carbons (Fsp3) is 0.774. The molecule has 0 aromatic heterocycles. The molecule has 0 amide bonds. The number of hydrogen-bond donors (Lipinski definition) is 1. The third-order valence-electron chi connectivity index (χ3n) is 10.8. The number of carbonyl (C=O) groups excluding carboxylic acids is 2. The fourth-order valence-corrected chi connectivity index (χ4v) is 7.66. The number of nitrogens with zero attached hydrogens (tertiary/aromatic N) is 1. The zero-order valence-electron chi connectivity index (χ0n) is 41.3. The van der Waals surface area contributed by atoms with Crippen molar-refractivity contribution in [2.45, 2.75) is 219 Å². The SMILES string of the molecule is CC/C=C\C/C=C\C/C=C\C/C=C\C/C=C\CC(=O)OC(COC(=O)CCCCCCCCCCCCCCCCCCCCCCCCCC)COP(=O)(O)OCC[N+](C)(C)C. The monoisotopic (exact) mass is 907 g/mol. The lowest BCUT2D eigenvalue weighted by Crippen LogP contribution is -2.37. The van der Waals surface area contributed by atoms with E-state index in [1.807, 2.05) is 33.3 Å². The molecule has 0 aliphatic heterocycles. The maximum Gasteiger partial charge on any atom is 0.472 e. The van der Waals surface area contributed by atoms with E-state index in [9.17, 15) is 19.0 Å². The number of phosphoric ester groups is 1. The average Bonchev–Trinajstić information content (AvgIpc) is 3.24. The Morgan fingerprint density at radius 2 is 0.889 bits per heavy atom. The molecule has 0 saturated heterocycles. The summed E-state index contributed by atoms with van der Waals surface area (Å²) in [4.78, 5) is 35.4. The lowest BCUT2D eigenvalue weighted by molar-refractivity contribution is -0.870. The fourth-order valence-electron chi connectivity index (χ4n) is 6.91. The smallest absolute Gasteiger partial charge is 0.462 e. The molecule has 0 spiro atoms. The number of rotatable bonds is 46. The second kappa shape index (κ2) is 44.9. The quantitative estimate of drug-likeness (QED) is 0.0212. The van der Waals surface area contributed by atoms with E-state index >= 15 is 0 Å². The van der Waals surface area contributed by atoms with Crippen LogP contribution < -0.4 is 0 Å². The average molecular weight is 907 g/mol. The van der Waals surface area contributed by atoms with E-state index in [4.69, 9.17) is 18.5 Å². The highest BCUT2D eigenvalue weighted by molar-refractivity contribution is 7.47. The molecule has 0 fully saturated rings. The molecule has 2 unspecified atom stereocenters. The molecule has 0 aliphatic carbocycles. The van der Waals surface area contributed by atoms with E-state index in [1.54, 1.807) is 6.08 Å². The molecule has 9 nitrogen and oxygen atoms in total. The summed E-state index contributed by atoms with van der Waals surface area (Å²) < 4.78 is 34.3. The number of quaternary nitrogens is 1. The minimum absolute atomic E-state index is 0.00823. The van der Waals surface area contributed by atoms with Gasteiger partial charge in [0.25, 0.3) is 0 Å². The van der Waals surface area contributed by atoms with Gasteiger partial charge in [-0.1, -0.05) is 222 Å². The first kappa shape index (κ1) is 60.7. The van der Waals surface area contributed by atoms with Crippen molar-refractivity contribution in [3.8, 4) is 0 Å². The van der Waals surface area contributed by atoms with Crippen LogP contribution in [0.25, 0.3) is 0 Å². The molecule has 1 N–H and O–H groups in total. The van der Waals surface area contributed by atoms with Crippen molar-refractivity contribution in [3.05, 3.63) is 60.8 Å². The second-order valence-electron chi connectivity index (χ2n) is 18.2. The highest BCUT2D eigenvalue weighted by Crippen LogP contribution is 2.43. The normalized spacial score (nSPS) is 13.9. The topological polar surface area (TPSA) is 108 Å². The minimum atomic E-state index is -4.40. The van der Waals surface area contributed by atoms with E-state index in [0.717, 1.165) is 44.9 Å². The maximum atomic E-state index is 12.7. The molecule has 0 aliphatic rings. The number of hydrogen-bond acceptors (Lipinski definition) is 7. The van der Waals surface area contributed by atoms with Gasteiger partial charge in [-0.15, -0.1) is 0 Å². The van der Waals surface area contributed by atoms with Crippen LogP contribution in [0.5, 0.6) is 0 Å². The molecular formula is C53H97NO8P+. The standard InChI is InChI=1S/C53H96NO8P/c1-6-8-10-12-14-16-18-20-22-23-24-25-26-27-28-29-30-32-33-35-37-39-41-43-45-52(55)59-49-51(50-61-63(57,58)60-48-47-54(3,4)5)62-53(56)46-44-42-40-38-36-34-31-21-19-17-15-13-11-9-7-2/h9,11,15,17,21,31,36,38,42,44,51H,6-8,10,12-14,16,18-20,22-30,32-35,37,39-41,43,45-50H2,1-5H3/p+1/b11-9-,17-15-,31-21-,38-36-,44-42-. The first-order chi connectivity index (χ1) is 30.5. The first-order valence-corrected chi connectivity index (χ1v) is 27.0. The van der Waals surface area contributed by atoms with E-state index in [1.165, 1.54) is 135 Å². The van der Waals surface area contributed by atoms with Crippen LogP contribution in [0.3, 0.4) is 0 Å². The van der Waals surface area contributed by atoms with E-state index in [2.05, 4.69) is 56.4 Å². The highest BCUT2D eigenvalue weighted by Gasteiger charge is 2.27. The zero-order valence-corrected chi connectivity index (χ0v) is 42.2. The van der Waals surface area contributed by atoms with Crippen LogP contribution in [0, 0.1) is 0 Å².